The van der Waals surface area contributed by atoms with Crippen LogP contribution >= 0.6 is 11.8 Å². The van der Waals surface area contributed by atoms with Gasteiger partial charge in [0.25, 0.3) is 0 Å². The van der Waals surface area contributed by atoms with Crippen LogP contribution in [0.5, 0.6) is 0 Å². The third-order valence-corrected chi connectivity index (χ3v) is 4.16. The summed E-state index contributed by atoms with van der Waals surface area (Å²) in [7, 11) is 0. The van der Waals surface area contributed by atoms with Crippen molar-refractivity contribution in [3.63, 3.8) is 0 Å². The quantitative estimate of drug-likeness (QED) is 0.636. The van der Waals surface area contributed by atoms with Gasteiger partial charge < -0.3 is 5.32 Å². The van der Waals surface area contributed by atoms with E-state index in [1.165, 1.54) is 55.5 Å². The van der Waals surface area contributed by atoms with Crippen LogP contribution in [0, 0.1) is 6.92 Å². The summed E-state index contributed by atoms with van der Waals surface area (Å²) in [6.45, 7) is 5.64. The van der Waals surface area contributed by atoms with Gasteiger partial charge in [0.2, 0.25) is 0 Å². The van der Waals surface area contributed by atoms with E-state index in [0.717, 1.165) is 0 Å². The molecule has 0 fully saturated rings. The first-order valence-electron chi connectivity index (χ1n) is 7.50. The second kappa shape index (κ2) is 10.3. The third-order valence-electron chi connectivity index (χ3n) is 3.47. The lowest BCUT2D eigenvalue weighted by Gasteiger charge is -2.13. The van der Waals surface area contributed by atoms with Gasteiger partial charge in [-0.1, -0.05) is 36.2 Å². The molecule has 0 radical (unpaired) electrons. The summed E-state index contributed by atoms with van der Waals surface area (Å²) in [5, 5.41) is 3.64. The van der Waals surface area contributed by atoms with Crippen molar-refractivity contribution in [2.24, 2.45) is 0 Å². The molecule has 1 atom stereocenters. The van der Waals surface area contributed by atoms with Crippen LogP contribution in [0.15, 0.2) is 24.3 Å². The average molecular weight is 279 g/mol. The molecule has 1 aromatic carbocycles. The third kappa shape index (κ3) is 8.33. The van der Waals surface area contributed by atoms with Crippen molar-refractivity contribution in [2.75, 3.05) is 18.6 Å². The molecule has 1 unspecified atom stereocenters. The van der Waals surface area contributed by atoms with Crippen LogP contribution in [0.25, 0.3) is 0 Å². The van der Waals surface area contributed by atoms with E-state index in [1.807, 2.05) is 11.8 Å². The summed E-state index contributed by atoms with van der Waals surface area (Å²) in [6.07, 6.45) is 8.64. The standard InChI is InChI=1S/C17H29NS/c1-15-8-7-9-17(14-15)11-10-16(2)18-12-5-4-6-13-19-3/h7-9,14,16,18H,4-6,10-13H2,1-3H3. The molecule has 0 aliphatic rings. The average Bonchev–Trinajstić information content (AvgIpc) is 2.40. The molecule has 2 heteroatoms. The highest BCUT2D eigenvalue weighted by Gasteiger charge is 2.02. The van der Waals surface area contributed by atoms with E-state index in [4.69, 9.17) is 0 Å². The molecular formula is C17H29NS. The first kappa shape index (κ1) is 16.6. The Morgan fingerprint density at radius 3 is 2.79 bits per heavy atom. The summed E-state index contributed by atoms with van der Waals surface area (Å²) in [5.74, 6) is 1.31. The molecular weight excluding hydrogens is 250 g/mol. The Balaban J connectivity index is 2.06. The van der Waals surface area contributed by atoms with E-state index in [-0.39, 0.29) is 0 Å². The predicted molar refractivity (Wildman–Crippen MR) is 89.2 cm³/mol. The zero-order valence-electron chi connectivity index (χ0n) is 12.7. The molecule has 0 amide bonds. The predicted octanol–water partition coefficient (Wildman–Crippen LogP) is 4.44. The summed E-state index contributed by atoms with van der Waals surface area (Å²) >= 11 is 1.95. The van der Waals surface area contributed by atoms with Gasteiger partial charge in [-0.05, 0) is 63.6 Å². The van der Waals surface area contributed by atoms with Crippen LogP contribution in [-0.4, -0.2) is 24.6 Å². The van der Waals surface area contributed by atoms with Crippen LogP contribution in [0.3, 0.4) is 0 Å². The number of thioether (sulfide) groups is 1. The van der Waals surface area contributed by atoms with Crippen LogP contribution in [-0.2, 0) is 6.42 Å². The molecule has 1 rings (SSSR count). The number of aryl methyl sites for hydroxylation is 2. The number of hydrogen-bond donors (Lipinski definition) is 1. The Morgan fingerprint density at radius 2 is 2.05 bits per heavy atom. The van der Waals surface area contributed by atoms with Gasteiger partial charge in [-0.15, -0.1) is 0 Å². The fraction of sp³-hybridized carbons (Fsp3) is 0.647. The lowest BCUT2D eigenvalue weighted by Crippen LogP contribution is -2.27. The monoisotopic (exact) mass is 279 g/mol. The minimum atomic E-state index is 0.626. The smallest absolute Gasteiger partial charge is 0.00418 e. The summed E-state index contributed by atoms with van der Waals surface area (Å²) in [5.41, 5.74) is 2.83. The van der Waals surface area contributed by atoms with Crippen molar-refractivity contribution in [3.05, 3.63) is 35.4 Å². The van der Waals surface area contributed by atoms with E-state index >= 15 is 0 Å². The number of unbranched alkanes of at least 4 members (excludes halogenated alkanes) is 2. The highest BCUT2D eigenvalue weighted by molar-refractivity contribution is 7.98. The largest absolute Gasteiger partial charge is 0.314 e. The number of nitrogens with one attached hydrogen (secondary N) is 1. The van der Waals surface area contributed by atoms with Crippen LogP contribution in [0.4, 0.5) is 0 Å². The molecule has 19 heavy (non-hydrogen) atoms. The molecule has 1 nitrogen and oxygen atoms in total. The van der Waals surface area contributed by atoms with Crippen molar-refractivity contribution >= 4 is 11.8 Å². The fourth-order valence-corrected chi connectivity index (χ4v) is 2.74. The first-order valence-corrected chi connectivity index (χ1v) is 8.89. The second-order valence-electron chi connectivity index (χ2n) is 5.44. The van der Waals surface area contributed by atoms with Crippen LogP contribution in [0.2, 0.25) is 0 Å². The maximum absolute atomic E-state index is 3.64. The number of rotatable bonds is 10. The highest BCUT2D eigenvalue weighted by Crippen LogP contribution is 2.08. The van der Waals surface area contributed by atoms with Crippen LogP contribution < -0.4 is 5.32 Å². The van der Waals surface area contributed by atoms with Gasteiger partial charge >= 0.3 is 0 Å². The minimum Gasteiger partial charge on any atom is -0.314 e. The molecule has 0 aromatic heterocycles. The summed E-state index contributed by atoms with van der Waals surface area (Å²) in [6, 6.07) is 9.49. The molecule has 0 saturated heterocycles. The van der Waals surface area contributed by atoms with E-state index < -0.39 is 0 Å². The SMILES string of the molecule is CSCCCCCNC(C)CCc1cccc(C)c1. The zero-order chi connectivity index (χ0) is 13.9. The molecule has 0 heterocycles. The van der Waals surface area contributed by atoms with Crippen molar-refractivity contribution in [1.29, 1.82) is 0 Å². The molecule has 0 saturated carbocycles. The van der Waals surface area contributed by atoms with E-state index in [2.05, 4.69) is 49.7 Å². The fourth-order valence-electron chi connectivity index (χ4n) is 2.25. The Hall–Kier alpha value is -0.470. The maximum Gasteiger partial charge on any atom is 0.00418 e. The number of benzene rings is 1. The minimum absolute atomic E-state index is 0.626. The zero-order valence-corrected chi connectivity index (χ0v) is 13.6. The van der Waals surface area contributed by atoms with Gasteiger partial charge in [0.05, 0.1) is 0 Å². The Kier molecular flexibility index (Phi) is 9.02. The number of hydrogen-bond acceptors (Lipinski definition) is 2. The van der Waals surface area contributed by atoms with E-state index in [9.17, 15) is 0 Å². The van der Waals surface area contributed by atoms with Gasteiger partial charge in [0, 0.05) is 6.04 Å². The molecule has 0 bridgehead atoms. The van der Waals surface area contributed by atoms with E-state index in [1.54, 1.807) is 0 Å². The second-order valence-corrected chi connectivity index (χ2v) is 6.42. The first-order chi connectivity index (χ1) is 9.22. The van der Waals surface area contributed by atoms with Crippen LogP contribution in [0.1, 0.15) is 43.7 Å². The Bertz CT molecular complexity index is 338. The van der Waals surface area contributed by atoms with Crippen molar-refractivity contribution in [3.8, 4) is 0 Å². The lowest BCUT2D eigenvalue weighted by atomic mass is 10.0. The molecule has 0 spiro atoms. The summed E-state index contributed by atoms with van der Waals surface area (Å²) < 4.78 is 0. The van der Waals surface area contributed by atoms with E-state index in [0.29, 0.717) is 6.04 Å². The summed E-state index contributed by atoms with van der Waals surface area (Å²) in [4.78, 5) is 0. The van der Waals surface area contributed by atoms with Crippen molar-refractivity contribution in [2.45, 2.75) is 52.0 Å². The van der Waals surface area contributed by atoms with Crippen molar-refractivity contribution < 1.29 is 0 Å². The molecule has 0 aliphatic heterocycles. The topological polar surface area (TPSA) is 12.0 Å². The van der Waals surface area contributed by atoms with Gasteiger partial charge in [-0.3, -0.25) is 0 Å². The molecule has 108 valence electrons. The molecule has 0 aliphatic carbocycles. The van der Waals surface area contributed by atoms with Gasteiger partial charge in [-0.2, -0.15) is 11.8 Å². The maximum atomic E-state index is 3.64. The molecule has 1 aromatic rings. The van der Waals surface area contributed by atoms with Gasteiger partial charge in [0.1, 0.15) is 0 Å². The highest BCUT2D eigenvalue weighted by atomic mass is 32.2. The van der Waals surface area contributed by atoms with Gasteiger partial charge in [-0.25, -0.2) is 0 Å². The normalized spacial score (nSPS) is 12.6. The Morgan fingerprint density at radius 1 is 1.21 bits per heavy atom. The van der Waals surface area contributed by atoms with Crippen molar-refractivity contribution in [1.82, 2.24) is 5.32 Å². The van der Waals surface area contributed by atoms with Gasteiger partial charge in [0.15, 0.2) is 0 Å². The Labute approximate surface area is 123 Å². The molecule has 1 N–H and O–H groups in total. The lowest BCUT2D eigenvalue weighted by molar-refractivity contribution is 0.499.